The minimum absolute atomic E-state index is 0.0128. The average Bonchev–Trinajstić information content (AvgIpc) is 3.57. The normalized spacial score (nSPS) is 12.1. The van der Waals surface area contributed by atoms with E-state index in [4.69, 9.17) is 114 Å². The quantitative estimate of drug-likeness (QED) is 0.0817. The lowest BCUT2D eigenvalue weighted by Gasteiger charge is -2.17. The van der Waals surface area contributed by atoms with Gasteiger partial charge in [-0.2, -0.15) is 0 Å². The number of rotatable bonds is 80. The van der Waals surface area contributed by atoms with Crippen LogP contribution in [0.2, 0.25) is 0 Å². The largest absolute Gasteiger partial charge is 0.382 e. The highest BCUT2D eigenvalue weighted by Gasteiger charge is 2.18. The third-order valence-electron chi connectivity index (χ3n) is 11.6. The molecule has 0 saturated carbocycles. The van der Waals surface area contributed by atoms with Crippen LogP contribution >= 0.6 is 0 Å². The summed E-state index contributed by atoms with van der Waals surface area (Å²) in [6.07, 6.45) is 2.77. The van der Waals surface area contributed by atoms with Crippen molar-refractivity contribution < 1.29 is 123 Å². The molecular weight excluding hydrogens is 1160 g/mol. The molecule has 0 bridgehead atoms. The number of nitrogens with one attached hydrogen (secondary N) is 2. The fraction of sp³-hybridized carbons (Fsp3) is 0.967. The van der Waals surface area contributed by atoms with Crippen LogP contribution in [-0.4, -0.2) is 349 Å². The Labute approximate surface area is 526 Å². The number of methoxy groups -OCH3 is 1. The second-order valence-corrected chi connectivity index (χ2v) is 19.1. The lowest BCUT2D eigenvalue weighted by molar-refractivity contribution is -0.124. The van der Waals surface area contributed by atoms with E-state index < -0.39 is 0 Å². The first-order valence-electron chi connectivity index (χ1n) is 31.8. The Morgan fingerprint density at radius 3 is 0.625 bits per heavy atom. The van der Waals surface area contributed by atoms with Crippen molar-refractivity contribution in [3.63, 3.8) is 0 Å². The summed E-state index contributed by atoms with van der Waals surface area (Å²) in [4.78, 5) is 24.1. The second-order valence-electron chi connectivity index (χ2n) is 19.1. The van der Waals surface area contributed by atoms with Gasteiger partial charge in [0.2, 0.25) is 5.91 Å². The highest BCUT2D eigenvalue weighted by molar-refractivity contribution is 5.85. The van der Waals surface area contributed by atoms with Gasteiger partial charge in [-0.1, -0.05) is 13.8 Å². The number of carbonyl (C=O) groups is 2. The summed E-state index contributed by atoms with van der Waals surface area (Å²) < 4.78 is 131. The van der Waals surface area contributed by atoms with Gasteiger partial charge in [-0.3, -0.25) is 9.59 Å². The SMILES string of the molecule is CN[C@H](CCCCNC(=O)CCOCCOCCOCCOCCOCCOCCOCCOCCOCCOCCOCCOCCOCCOCCOCCOCCOCCOCCOCCOCCOCCOCCOCCOC)C(=O)C(C)C. The molecule has 0 fully saturated rings. The van der Waals surface area contributed by atoms with E-state index in [9.17, 15) is 9.59 Å². The summed E-state index contributed by atoms with van der Waals surface area (Å²) in [7, 11) is 3.45. The predicted octanol–water partition coefficient (Wildman–Crippen LogP) is 1.50. The third-order valence-corrected chi connectivity index (χ3v) is 11.6. The zero-order chi connectivity index (χ0) is 63.5. The van der Waals surface area contributed by atoms with Crippen LogP contribution in [0.3, 0.4) is 0 Å². The predicted molar refractivity (Wildman–Crippen MR) is 325 cm³/mol. The van der Waals surface area contributed by atoms with Gasteiger partial charge in [-0.05, 0) is 26.3 Å². The summed E-state index contributed by atoms with van der Waals surface area (Å²) in [5.74, 6) is 0.196. The molecule has 0 heterocycles. The second kappa shape index (κ2) is 77.6. The van der Waals surface area contributed by atoms with Crippen molar-refractivity contribution in [1.82, 2.24) is 10.6 Å². The number of hydrogen-bond donors (Lipinski definition) is 2. The van der Waals surface area contributed by atoms with Gasteiger partial charge >= 0.3 is 0 Å². The average molecular weight is 1290 g/mol. The van der Waals surface area contributed by atoms with Crippen LogP contribution in [0.25, 0.3) is 0 Å². The van der Waals surface area contributed by atoms with Gasteiger partial charge in [0, 0.05) is 26.0 Å². The van der Waals surface area contributed by atoms with Crippen LogP contribution in [-0.2, 0) is 123 Å². The fourth-order valence-electron chi connectivity index (χ4n) is 6.87. The number of amides is 1. The summed E-state index contributed by atoms with van der Waals surface area (Å²) in [5, 5.41) is 5.98. The Balaban J connectivity index is 3.13. The van der Waals surface area contributed by atoms with Gasteiger partial charge in [-0.15, -0.1) is 0 Å². The van der Waals surface area contributed by atoms with Crippen molar-refractivity contribution in [3.8, 4) is 0 Å². The molecule has 0 aromatic heterocycles. The molecule has 0 aromatic carbocycles. The van der Waals surface area contributed by atoms with Crippen LogP contribution in [0, 0.1) is 5.92 Å². The number of likely N-dealkylation sites (N-methyl/N-ethyl adjacent to an activating group) is 1. The van der Waals surface area contributed by atoms with Crippen molar-refractivity contribution in [1.29, 1.82) is 0 Å². The molecule has 0 aliphatic heterocycles. The molecule has 526 valence electrons. The van der Waals surface area contributed by atoms with Crippen molar-refractivity contribution in [3.05, 3.63) is 0 Å². The molecular formula is C60H120N2O26. The van der Waals surface area contributed by atoms with Gasteiger partial charge in [0.05, 0.1) is 317 Å². The lowest BCUT2D eigenvalue weighted by Crippen LogP contribution is -2.36. The molecule has 2 N–H and O–H groups in total. The fourth-order valence-corrected chi connectivity index (χ4v) is 6.87. The minimum atomic E-state index is -0.123. The molecule has 0 aliphatic carbocycles. The standard InChI is InChI=1S/C60H120N2O26/c1-57(2)60(64)58(61-3)7-5-6-9-62-59(63)8-10-66-13-14-68-17-18-70-21-22-72-25-26-74-29-30-76-33-34-78-37-38-80-41-42-82-45-46-84-49-50-86-53-54-88-56-55-87-52-51-85-48-47-83-44-43-81-40-39-79-36-35-77-32-31-75-28-27-73-24-23-71-20-19-69-16-15-67-12-11-65-4/h57-58,61H,5-56H2,1-4H3,(H,62,63)/t58-/m1/s1. The zero-order valence-corrected chi connectivity index (χ0v) is 54.5. The van der Waals surface area contributed by atoms with Crippen LogP contribution in [0.5, 0.6) is 0 Å². The van der Waals surface area contributed by atoms with E-state index in [0.29, 0.717) is 323 Å². The van der Waals surface area contributed by atoms with Gasteiger partial charge in [0.25, 0.3) is 0 Å². The molecule has 0 saturated heterocycles. The number of unbranched alkanes of at least 4 members (excludes halogenated alkanes) is 1. The van der Waals surface area contributed by atoms with Crippen LogP contribution < -0.4 is 10.6 Å². The van der Waals surface area contributed by atoms with E-state index in [1.807, 2.05) is 20.9 Å². The Morgan fingerprint density at radius 1 is 0.273 bits per heavy atom. The number of hydrogen-bond acceptors (Lipinski definition) is 27. The van der Waals surface area contributed by atoms with Crippen LogP contribution in [0.1, 0.15) is 39.5 Å². The molecule has 0 rings (SSSR count). The third kappa shape index (κ3) is 73.2. The first kappa shape index (κ1) is 86.1. The van der Waals surface area contributed by atoms with Crippen molar-refractivity contribution in [2.24, 2.45) is 5.92 Å². The first-order chi connectivity index (χ1) is 43.5. The Morgan fingerprint density at radius 2 is 0.455 bits per heavy atom. The number of Topliss-reactive ketones (excluding diaryl/α,β-unsaturated/α-hetero) is 1. The Kier molecular flexibility index (Phi) is 75.9. The molecule has 0 aliphatic rings. The molecule has 28 nitrogen and oxygen atoms in total. The highest BCUT2D eigenvalue weighted by atomic mass is 16.6. The molecule has 28 heteroatoms. The van der Waals surface area contributed by atoms with Crippen molar-refractivity contribution >= 4 is 11.7 Å². The molecule has 88 heavy (non-hydrogen) atoms. The topological polar surface area (TPSA) is 280 Å². The molecule has 0 radical (unpaired) electrons. The van der Waals surface area contributed by atoms with E-state index in [1.54, 1.807) is 7.11 Å². The van der Waals surface area contributed by atoms with E-state index in [0.717, 1.165) is 19.3 Å². The van der Waals surface area contributed by atoms with E-state index in [1.165, 1.54) is 0 Å². The zero-order valence-electron chi connectivity index (χ0n) is 54.5. The lowest BCUT2D eigenvalue weighted by atomic mass is 9.97. The Hall–Kier alpha value is -1.86. The van der Waals surface area contributed by atoms with Gasteiger partial charge in [0.15, 0.2) is 5.78 Å². The molecule has 1 amide bonds. The number of ether oxygens (including phenoxy) is 24. The smallest absolute Gasteiger partial charge is 0.222 e. The van der Waals surface area contributed by atoms with E-state index >= 15 is 0 Å². The first-order valence-corrected chi connectivity index (χ1v) is 31.8. The molecule has 0 spiro atoms. The molecule has 0 unspecified atom stereocenters. The summed E-state index contributed by atoms with van der Waals surface area (Å²) in [6.45, 7) is 27.2. The van der Waals surface area contributed by atoms with E-state index in [-0.39, 0.29) is 23.7 Å². The summed E-state index contributed by atoms with van der Waals surface area (Å²) >= 11 is 0. The van der Waals surface area contributed by atoms with E-state index in [2.05, 4.69) is 10.6 Å². The van der Waals surface area contributed by atoms with Gasteiger partial charge in [0.1, 0.15) is 0 Å². The number of carbonyl (C=O) groups excluding carboxylic acids is 2. The maximum atomic E-state index is 12.1. The maximum absolute atomic E-state index is 12.1. The highest BCUT2D eigenvalue weighted by Crippen LogP contribution is 2.07. The van der Waals surface area contributed by atoms with Crippen molar-refractivity contribution in [2.75, 3.05) is 331 Å². The van der Waals surface area contributed by atoms with Gasteiger partial charge in [-0.25, -0.2) is 0 Å². The number of ketones is 1. The monoisotopic (exact) mass is 1280 g/mol. The summed E-state index contributed by atoms with van der Waals surface area (Å²) in [5.41, 5.74) is 0. The molecule has 1 atom stereocenters. The Bertz CT molecular complexity index is 1340. The van der Waals surface area contributed by atoms with Crippen LogP contribution in [0.15, 0.2) is 0 Å². The maximum Gasteiger partial charge on any atom is 0.222 e. The van der Waals surface area contributed by atoms with Gasteiger partial charge < -0.3 is 124 Å². The minimum Gasteiger partial charge on any atom is -0.382 e. The van der Waals surface area contributed by atoms with Crippen molar-refractivity contribution in [2.45, 2.75) is 45.6 Å². The molecule has 0 aromatic rings. The van der Waals surface area contributed by atoms with Crippen LogP contribution in [0.4, 0.5) is 0 Å². The summed E-state index contributed by atoms with van der Waals surface area (Å²) in [6, 6.07) is -0.123.